The Morgan fingerprint density at radius 1 is 1.27 bits per heavy atom. The van der Waals surface area contributed by atoms with Crippen molar-refractivity contribution in [1.29, 1.82) is 0 Å². The average Bonchev–Trinajstić information content (AvgIpc) is 3.32. The summed E-state index contributed by atoms with van der Waals surface area (Å²) in [7, 11) is 0. The summed E-state index contributed by atoms with van der Waals surface area (Å²) in [4.78, 5) is 22.1. The van der Waals surface area contributed by atoms with E-state index in [0.29, 0.717) is 17.8 Å². The van der Waals surface area contributed by atoms with E-state index in [1.165, 1.54) is 0 Å². The van der Waals surface area contributed by atoms with Crippen LogP contribution in [0.3, 0.4) is 0 Å². The predicted molar refractivity (Wildman–Crippen MR) is 126 cm³/mol. The molecule has 1 atom stereocenters. The van der Waals surface area contributed by atoms with Gasteiger partial charge in [0, 0.05) is 63.2 Å². The smallest absolute Gasteiger partial charge is 0.261 e. The minimum Gasteiger partial charge on any atom is -0.487 e. The summed E-state index contributed by atoms with van der Waals surface area (Å²) in [5.74, 6) is 0.632. The first-order chi connectivity index (χ1) is 15.8. The summed E-state index contributed by atoms with van der Waals surface area (Å²) in [6, 6.07) is 5.87. The van der Waals surface area contributed by atoms with Crippen LogP contribution in [-0.2, 0) is 6.42 Å². The number of carbonyl (C=O) groups is 1. The van der Waals surface area contributed by atoms with Gasteiger partial charge in [0.05, 0.1) is 23.7 Å². The van der Waals surface area contributed by atoms with Crippen molar-refractivity contribution in [3.63, 3.8) is 0 Å². The Hall–Kier alpha value is -3.17. The monoisotopic (exact) mass is 450 g/mol. The van der Waals surface area contributed by atoms with Gasteiger partial charge >= 0.3 is 0 Å². The molecule has 5 rings (SSSR count). The average molecular weight is 451 g/mol. The van der Waals surface area contributed by atoms with Crippen LogP contribution in [0.5, 0.6) is 5.75 Å². The maximum absolute atomic E-state index is 13.2. The number of hydrogen-bond donors (Lipinski definition) is 2. The predicted octanol–water partition coefficient (Wildman–Crippen LogP) is 2.20. The van der Waals surface area contributed by atoms with Crippen LogP contribution in [0.15, 0.2) is 36.8 Å². The van der Waals surface area contributed by atoms with Crippen molar-refractivity contribution in [2.75, 3.05) is 42.9 Å². The standard InChI is InChI=1S/C24H30N6O3/c1-16(31)15-28-7-9-29(10-8-28)20-12-21-17(13-24(2,3)33-21)11-19(20)27-23(32)18-14-26-30-6-4-5-25-22(18)30/h4-6,11-12,14,16,31H,7-10,13,15H2,1-3H3,(H,27,32). The van der Waals surface area contributed by atoms with E-state index in [2.05, 4.69) is 45.1 Å². The van der Waals surface area contributed by atoms with E-state index in [4.69, 9.17) is 4.74 Å². The molecule has 2 aliphatic heterocycles. The third-order valence-corrected chi connectivity index (χ3v) is 6.19. The zero-order chi connectivity index (χ0) is 23.2. The molecule has 0 bridgehead atoms. The highest BCUT2D eigenvalue weighted by atomic mass is 16.5. The largest absolute Gasteiger partial charge is 0.487 e. The number of aromatic nitrogens is 3. The summed E-state index contributed by atoms with van der Waals surface area (Å²) in [5.41, 5.74) is 3.48. The van der Waals surface area contributed by atoms with E-state index >= 15 is 0 Å². The summed E-state index contributed by atoms with van der Waals surface area (Å²) in [6.07, 6.45) is 5.41. The molecule has 0 radical (unpaired) electrons. The molecule has 9 nitrogen and oxygen atoms in total. The Labute approximate surface area is 193 Å². The van der Waals surface area contributed by atoms with Gasteiger partial charge in [-0.05, 0) is 32.9 Å². The second-order valence-corrected chi connectivity index (χ2v) is 9.55. The van der Waals surface area contributed by atoms with Crippen molar-refractivity contribution in [1.82, 2.24) is 19.5 Å². The zero-order valence-electron chi connectivity index (χ0n) is 19.3. The molecule has 0 saturated carbocycles. The van der Waals surface area contributed by atoms with E-state index in [9.17, 15) is 9.90 Å². The first-order valence-electron chi connectivity index (χ1n) is 11.4. The van der Waals surface area contributed by atoms with Crippen molar-refractivity contribution < 1.29 is 14.6 Å². The molecular weight excluding hydrogens is 420 g/mol. The number of benzene rings is 1. The quantitative estimate of drug-likeness (QED) is 0.615. The lowest BCUT2D eigenvalue weighted by molar-refractivity contribution is 0.102. The lowest BCUT2D eigenvalue weighted by atomic mass is 10.0. The maximum Gasteiger partial charge on any atom is 0.261 e. The fourth-order valence-electron chi connectivity index (χ4n) is 4.72. The minimum atomic E-state index is -0.346. The Kier molecular flexibility index (Phi) is 5.46. The molecular formula is C24H30N6O3. The molecule has 0 spiro atoms. The topological polar surface area (TPSA) is 95.2 Å². The summed E-state index contributed by atoms with van der Waals surface area (Å²) >= 11 is 0. The number of ether oxygens (including phenoxy) is 1. The van der Waals surface area contributed by atoms with Gasteiger partial charge in [-0.3, -0.25) is 9.69 Å². The third kappa shape index (κ3) is 4.38. The van der Waals surface area contributed by atoms with E-state index in [-0.39, 0.29) is 17.6 Å². The van der Waals surface area contributed by atoms with Gasteiger partial charge in [-0.15, -0.1) is 0 Å². The molecule has 2 N–H and O–H groups in total. The lowest BCUT2D eigenvalue weighted by Crippen LogP contribution is -2.48. The summed E-state index contributed by atoms with van der Waals surface area (Å²) in [6.45, 7) is 9.93. The number of aliphatic hydroxyl groups excluding tert-OH is 1. The van der Waals surface area contributed by atoms with Gasteiger partial charge < -0.3 is 20.1 Å². The Bertz CT molecular complexity index is 1180. The van der Waals surface area contributed by atoms with Gasteiger partial charge in [0.15, 0.2) is 5.65 Å². The van der Waals surface area contributed by atoms with Gasteiger partial charge in [0.1, 0.15) is 16.9 Å². The molecule has 1 amide bonds. The molecule has 2 aromatic heterocycles. The molecule has 1 unspecified atom stereocenters. The fraction of sp³-hybridized carbons (Fsp3) is 0.458. The number of fused-ring (bicyclic) bond motifs is 2. The van der Waals surface area contributed by atoms with Gasteiger partial charge in [-0.25, -0.2) is 9.50 Å². The van der Waals surface area contributed by atoms with Crippen LogP contribution in [0.25, 0.3) is 5.65 Å². The molecule has 4 heterocycles. The van der Waals surface area contributed by atoms with Crippen molar-refractivity contribution in [3.8, 4) is 5.75 Å². The van der Waals surface area contributed by atoms with Crippen LogP contribution in [0.2, 0.25) is 0 Å². The number of piperazine rings is 1. The number of amides is 1. The number of β-amino-alcohol motifs (C(OH)–C–C–N with tert-alkyl or cyclic N) is 1. The second kappa shape index (κ2) is 8.31. The molecule has 1 aromatic carbocycles. The zero-order valence-corrected chi connectivity index (χ0v) is 19.3. The number of nitrogens with one attached hydrogen (secondary N) is 1. The Morgan fingerprint density at radius 2 is 2.06 bits per heavy atom. The first-order valence-corrected chi connectivity index (χ1v) is 11.4. The molecule has 1 fully saturated rings. The van der Waals surface area contributed by atoms with Crippen LogP contribution in [0, 0.1) is 0 Å². The SMILES string of the molecule is CC(O)CN1CCN(c2cc3c(cc2NC(=O)c2cnn4cccnc24)CC(C)(C)O3)CC1. The molecule has 2 aliphatic rings. The molecule has 9 heteroatoms. The molecule has 1 saturated heterocycles. The lowest BCUT2D eigenvalue weighted by Gasteiger charge is -2.37. The van der Waals surface area contributed by atoms with Gasteiger partial charge in [-0.1, -0.05) is 0 Å². The molecule has 33 heavy (non-hydrogen) atoms. The Balaban J connectivity index is 1.44. The molecule has 3 aromatic rings. The van der Waals surface area contributed by atoms with Crippen LogP contribution in [0.4, 0.5) is 11.4 Å². The van der Waals surface area contributed by atoms with Crippen molar-refractivity contribution in [3.05, 3.63) is 47.9 Å². The maximum atomic E-state index is 13.2. The number of rotatable bonds is 5. The number of carbonyl (C=O) groups excluding carboxylic acids is 1. The van der Waals surface area contributed by atoms with Crippen LogP contribution in [-0.4, -0.2) is 74.9 Å². The number of aliphatic hydroxyl groups is 1. The third-order valence-electron chi connectivity index (χ3n) is 6.19. The molecule has 0 aliphatic carbocycles. The first kappa shape index (κ1) is 21.7. The highest BCUT2D eigenvalue weighted by Crippen LogP contribution is 2.42. The second-order valence-electron chi connectivity index (χ2n) is 9.55. The fourth-order valence-corrected chi connectivity index (χ4v) is 4.72. The normalized spacial score (nSPS) is 18.7. The van der Waals surface area contributed by atoms with Crippen LogP contribution < -0.4 is 15.0 Å². The number of nitrogens with zero attached hydrogens (tertiary/aromatic N) is 5. The highest BCUT2D eigenvalue weighted by molar-refractivity contribution is 6.09. The van der Waals surface area contributed by atoms with Crippen molar-refractivity contribution in [2.24, 2.45) is 0 Å². The van der Waals surface area contributed by atoms with Gasteiger partial charge in [0.25, 0.3) is 5.91 Å². The van der Waals surface area contributed by atoms with Crippen molar-refractivity contribution >= 4 is 22.9 Å². The number of hydrogen-bond acceptors (Lipinski definition) is 7. The number of anilines is 2. The highest BCUT2D eigenvalue weighted by Gasteiger charge is 2.32. The van der Waals surface area contributed by atoms with Crippen LogP contribution in [0.1, 0.15) is 36.7 Å². The van der Waals surface area contributed by atoms with E-state index in [1.807, 2.05) is 13.0 Å². The Morgan fingerprint density at radius 3 is 2.82 bits per heavy atom. The van der Waals surface area contributed by atoms with Crippen LogP contribution >= 0.6 is 0 Å². The summed E-state index contributed by atoms with van der Waals surface area (Å²) in [5, 5.41) is 17.1. The van der Waals surface area contributed by atoms with Gasteiger partial charge in [0.2, 0.25) is 0 Å². The van der Waals surface area contributed by atoms with E-state index < -0.39 is 0 Å². The van der Waals surface area contributed by atoms with Crippen molar-refractivity contribution in [2.45, 2.75) is 38.9 Å². The van der Waals surface area contributed by atoms with Gasteiger partial charge in [-0.2, -0.15) is 5.10 Å². The minimum absolute atomic E-state index is 0.240. The van der Waals surface area contributed by atoms with E-state index in [0.717, 1.165) is 55.3 Å². The molecule has 174 valence electrons. The summed E-state index contributed by atoms with van der Waals surface area (Å²) < 4.78 is 7.78. The van der Waals surface area contributed by atoms with E-state index in [1.54, 1.807) is 29.2 Å².